The standard InChI is InChI=1S/C23H29N3O2/c1-16-7-8-19(22(12-16)28-15-21-6-3-11-27-21)14-25-23(24)26-20-10-9-17-4-2-5-18(17)13-20/h7-10,12-13,21H,2-6,11,14-15H2,1H3,(H3,24,25,26). The number of aliphatic imine (C=N–C) groups is 1. The maximum absolute atomic E-state index is 6.13. The van der Waals surface area contributed by atoms with Gasteiger partial charge in [-0.3, -0.25) is 0 Å². The van der Waals surface area contributed by atoms with Crippen LogP contribution in [0.25, 0.3) is 0 Å². The van der Waals surface area contributed by atoms with Crippen LogP contribution in [0.1, 0.15) is 41.5 Å². The van der Waals surface area contributed by atoms with E-state index >= 15 is 0 Å². The number of hydrogen-bond donors (Lipinski definition) is 2. The van der Waals surface area contributed by atoms with Crippen molar-refractivity contribution in [1.82, 2.24) is 0 Å². The number of anilines is 1. The summed E-state index contributed by atoms with van der Waals surface area (Å²) in [5.41, 5.74) is 12.2. The highest BCUT2D eigenvalue weighted by molar-refractivity contribution is 5.92. The van der Waals surface area contributed by atoms with E-state index in [0.29, 0.717) is 19.1 Å². The molecule has 1 saturated heterocycles. The number of nitrogens with zero attached hydrogens (tertiary/aromatic N) is 1. The zero-order valence-electron chi connectivity index (χ0n) is 16.5. The van der Waals surface area contributed by atoms with Gasteiger partial charge in [-0.15, -0.1) is 0 Å². The Labute approximate surface area is 167 Å². The summed E-state index contributed by atoms with van der Waals surface area (Å²) in [6.07, 6.45) is 5.95. The third-order valence-corrected chi connectivity index (χ3v) is 5.46. The number of guanidine groups is 1. The van der Waals surface area contributed by atoms with E-state index in [0.717, 1.165) is 42.9 Å². The number of nitrogens with one attached hydrogen (secondary N) is 1. The molecule has 0 spiro atoms. The van der Waals surface area contributed by atoms with Gasteiger partial charge in [0.25, 0.3) is 0 Å². The molecule has 0 radical (unpaired) electrons. The fraction of sp³-hybridized carbons (Fsp3) is 0.435. The number of benzene rings is 2. The van der Waals surface area contributed by atoms with Crippen LogP contribution >= 0.6 is 0 Å². The first kappa shape index (κ1) is 18.8. The van der Waals surface area contributed by atoms with Gasteiger partial charge in [-0.2, -0.15) is 0 Å². The second-order valence-corrected chi connectivity index (χ2v) is 7.72. The second-order valence-electron chi connectivity index (χ2n) is 7.72. The van der Waals surface area contributed by atoms with Crippen molar-refractivity contribution < 1.29 is 9.47 Å². The van der Waals surface area contributed by atoms with Crippen LogP contribution in [0.2, 0.25) is 0 Å². The van der Waals surface area contributed by atoms with Gasteiger partial charge in [-0.05, 0) is 73.9 Å². The van der Waals surface area contributed by atoms with Crippen LogP contribution < -0.4 is 15.8 Å². The summed E-state index contributed by atoms with van der Waals surface area (Å²) < 4.78 is 11.7. The van der Waals surface area contributed by atoms with Crippen LogP contribution in [0.5, 0.6) is 5.75 Å². The van der Waals surface area contributed by atoms with Gasteiger partial charge in [0, 0.05) is 17.9 Å². The van der Waals surface area contributed by atoms with Crippen molar-refractivity contribution in [3.05, 3.63) is 58.7 Å². The normalized spacial score (nSPS) is 18.9. The van der Waals surface area contributed by atoms with Crippen molar-refractivity contribution >= 4 is 11.6 Å². The minimum absolute atomic E-state index is 0.198. The zero-order chi connectivity index (χ0) is 19.3. The van der Waals surface area contributed by atoms with Crippen LogP contribution in [0.15, 0.2) is 41.4 Å². The Bertz CT molecular complexity index is 857. The molecule has 3 N–H and O–H groups in total. The van der Waals surface area contributed by atoms with E-state index < -0.39 is 0 Å². The van der Waals surface area contributed by atoms with Crippen LogP contribution in [0.4, 0.5) is 5.69 Å². The van der Waals surface area contributed by atoms with E-state index in [1.807, 2.05) is 0 Å². The molecule has 0 saturated carbocycles. The molecule has 1 atom stereocenters. The molecule has 2 aliphatic rings. The first-order valence-electron chi connectivity index (χ1n) is 10.2. The molecule has 0 amide bonds. The number of fused-ring (bicyclic) bond motifs is 1. The van der Waals surface area contributed by atoms with Crippen molar-refractivity contribution in [1.29, 1.82) is 0 Å². The smallest absolute Gasteiger partial charge is 0.193 e. The summed E-state index contributed by atoms with van der Waals surface area (Å²) in [5, 5.41) is 3.22. The number of nitrogens with two attached hydrogens (primary N) is 1. The molecule has 1 heterocycles. The van der Waals surface area contributed by atoms with Gasteiger partial charge in [0.2, 0.25) is 0 Å². The number of ether oxygens (including phenoxy) is 2. The van der Waals surface area contributed by atoms with Gasteiger partial charge in [0.15, 0.2) is 5.96 Å². The maximum atomic E-state index is 6.13. The fourth-order valence-electron chi connectivity index (χ4n) is 3.89. The Kier molecular flexibility index (Phi) is 5.81. The lowest BCUT2D eigenvalue weighted by atomic mass is 10.1. The van der Waals surface area contributed by atoms with Gasteiger partial charge < -0.3 is 20.5 Å². The third kappa shape index (κ3) is 4.65. The lowest BCUT2D eigenvalue weighted by Gasteiger charge is -2.15. The SMILES string of the molecule is Cc1ccc(CN=C(N)Nc2ccc3c(c2)CCC3)c(OCC2CCCO2)c1. The predicted molar refractivity (Wildman–Crippen MR) is 113 cm³/mol. The summed E-state index contributed by atoms with van der Waals surface area (Å²) >= 11 is 0. The van der Waals surface area contributed by atoms with Crippen molar-refractivity contribution in [2.24, 2.45) is 10.7 Å². The molecular weight excluding hydrogens is 350 g/mol. The average molecular weight is 380 g/mol. The summed E-state index contributed by atoms with van der Waals surface area (Å²) in [4.78, 5) is 4.53. The van der Waals surface area contributed by atoms with Crippen LogP contribution in [-0.2, 0) is 24.1 Å². The number of hydrogen-bond acceptors (Lipinski definition) is 3. The molecule has 2 aromatic carbocycles. The first-order valence-corrected chi connectivity index (χ1v) is 10.2. The van der Waals surface area contributed by atoms with Crippen LogP contribution in [0.3, 0.4) is 0 Å². The largest absolute Gasteiger partial charge is 0.491 e. The molecule has 0 bridgehead atoms. The van der Waals surface area contributed by atoms with Gasteiger partial charge in [0.1, 0.15) is 12.4 Å². The summed E-state index contributed by atoms with van der Waals surface area (Å²) in [5.74, 6) is 1.29. The van der Waals surface area contributed by atoms with Gasteiger partial charge in [-0.25, -0.2) is 4.99 Å². The van der Waals surface area contributed by atoms with Crippen molar-refractivity contribution in [3.8, 4) is 5.75 Å². The fourth-order valence-corrected chi connectivity index (χ4v) is 3.89. The lowest BCUT2D eigenvalue weighted by Crippen LogP contribution is -2.22. The van der Waals surface area contributed by atoms with Crippen molar-refractivity contribution in [2.45, 2.75) is 51.7 Å². The average Bonchev–Trinajstić information content (AvgIpc) is 3.37. The highest BCUT2D eigenvalue weighted by Gasteiger charge is 2.17. The van der Waals surface area contributed by atoms with E-state index in [1.54, 1.807) is 0 Å². The molecule has 1 fully saturated rings. The summed E-state index contributed by atoms with van der Waals surface area (Å²) in [7, 11) is 0. The monoisotopic (exact) mass is 379 g/mol. The Morgan fingerprint density at radius 3 is 2.93 bits per heavy atom. The van der Waals surface area contributed by atoms with E-state index in [4.69, 9.17) is 15.2 Å². The minimum Gasteiger partial charge on any atom is -0.491 e. The quantitative estimate of drug-likeness (QED) is 0.589. The summed E-state index contributed by atoms with van der Waals surface area (Å²) in [6, 6.07) is 12.7. The zero-order valence-corrected chi connectivity index (χ0v) is 16.5. The second kappa shape index (κ2) is 8.65. The molecule has 148 valence electrons. The molecule has 4 rings (SSSR count). The number of rotatable bonds is 6. The molecule has 5 nitrogen and oxygen atoms in total. The Morgan fingerprint density at radius 1 is 1.18 bits per heavy atom. The highest BCUT2D eigenvalue weighted by Crippen LogP contribution is 2.25. The topological polar surface area (TPSA) is 68.9 Å². The third-order valence-electron chi connectivity index (χ3n) is 5.46. The number of aryl methyl sites for hydroxylation is 3. The molecule has 1 aliphatic heterocycles. The predicted octanol–water partition coefficient (Wildman–Crippen LogP) is 3.97. The maximum Gasteiger partial charge on any atom is 0.193 e. The van der Waals surface area contributed by atoms with Gasteiger partial charge >= 0.3 is 0 Å². The molecule has 1 unspecified atom stereocenters. The Morgan fingerprint density at radius 2 is 2.07 bits per heavy atom. The van der Waals surface area contributed by atoms with Gasteiger partial charge in [0.05, 0.1) is 12.6 Å². The molecule has 0 aromatic heterocycles. The minimum atomic E-state index is 0.198. The van der Waals surface area contributed by atoms with E-state index in [-0.39, 0.29) is 6.10 Å². The molecular formula is C23H29N3O2. The molecule has 5 heteroatoms. The molecule has 1 aliphatic carbocycles. The molecule has 2 aromatic rings. The van der Waals surface area contributed by atoms with E-state index in [1.165, 1.54) is 29.5 Å². The lowest BCUT2D eigenvalue weighted by molar-refractivity contribution is 0.0676. The van der Waals surface area contributed by atoms with Crippen LogP contribution in [0, 0.1) is 6.92 Å². The van der Waals surface area contributed by atoms with Gasteiger partial charge in [-0.1, -0.05) is 18.2 Å². The van der Waals surface area contributed by atoms with Crippen LogP contribution in [-0.4, -0.2) is 25.3 Å². The highest BCUT2D eigenvalue weighted by atomic mass is 16.5. The van der Waals surface area contributed by atoms with E-state index in [2.05, 4.69) is 53.6 Å². The Hall–Kier alpha value is -2.53. The van der Waals surface area contributed by atoms with E-state index in [9.17, 15) is 0 Å². The van der Waals surface area contributed by atoms with Crippen molar-refractivity contribution in [2.75, 3.05) is 18.5 Å². The first-order chi connectivity index (χ1) is 13.7. The van der Waals surface area contributed by atoms with Crippen molar-refractivity contribution in [3.63, 3.8) is 0 Å². The Balaban J connectivity index is 1.39. The molecule has 28 heavy (non-hydrogen) atoms. The summed E-state index contributed by atoms with van der Waals surface area (Å²) in [6.45, 7) is 3.97.